The fourth-order valence-corrected chi connectivity index (χ4v) is 7.64. The Morgan fingerprint density at radius 2 is 2.17 bits per heavy atom. The van der Waals surface area contributed by atoms with E-state index in [2.05, 4.69) is 11.5 Å². The van der Waals surface area contributed by atoms with Crippen molar-refractivity contribution in [3.05, 3.63) is 76.8 Å². The molecule has 4 aliphatic rings. The van der Waals surface area contributed by atoms with Crippen molar-refractivity contribution in [2.75, 3.05) is 20.1 Å². The number of rotatable bonds is 5. The number of nitrogens with zero attached hydrogens (tertiary/aromatic N) is 2. The van der Waals surface area contributed by atoms with Crippen LogP contribution in [0.5, 0.6) is 11.5 Å². The van der Waals surface area contributed by atoms with Crippen molar-refractivity contribution in [1.82, 2.24) is 9.80 Å². The summed E-state index contributed by atoms with van der Waals surface area (Å²) < 4.78 is 6.55. The third kappa shape index (κ3) is 3.14. The van der Waals surface area contributed by atoms with Crippen LogP contribution < -0.4 is 4.74 Å². The molecule has 188 valence electrons. The van der Waals surface area contributed by atoms with E-state index in [0.29, 0.717) is 43.0 Å². The molecule has 6 rings (SSSR count). The molecule has 2 aliphatic carbocycles. The monoisotopic (exact) mass is 506 g/mol. The lowest BCUT2D eigenvalue weighted by molar-refractivity contribution is -0.198. The molecular weight excluding hydrogens is 476 g/mol. The van der Waals surface area contributed by atoms with Gasteiger partial charge in [0.15, 0.2) is 11.5 Å². The molecule has 1 saturated heterocycles. The van der Waals surface area contributed by atoms with Gasteiger partial charge in [-0.15, -0.1) is 6.58 Å². The third-order valence-electron chi connectivity index (χ3n) is 9.02. The molecule has 2 N–H and O–H groups in total. The number of aliphatic hydroxyl groups is 1. The van der Waals surface area contributed by atoms with E-state index >= 15 is 0 Å². The number of hydrogen-bond donors (Lipinski definition) is 2. The van der Waals surface area contributed by atoms with Gasteiger partial charge in [0.1, 0.15) is 6.10 Å². The van der Waals surface area contributed by atoms with E-state index < -0.39 is 17.1 Å². The fourth-order valence-electron chi connectivity index (χ4n) is 7.44. The van der Waals surface area contributed by atoms with Crippen LogP contribution in [0.4, 0.5) is 0 Å². The molecule has 6 nitrogen and oxygen atoms in total. The Hall–Kier alpha value is -2.80. The molecule has 0 unspecified atom stereocenters. The smallest absolute Gasteiger partial charge is 0.246 e. The molecule has 1 saturated carbocycles. The van der Waals surface area contributed by atoms with Gasteiger partial charge in [-0.1, -0.05) is 35.9 Å². The zero-order valence-electron chi connectivity index (χ0n) is 20.4. The summed E-state index contributed by atoms with van der Waals surface area (Å²) in [7, 11) is 1.80. The number of likely N-dealkylation sites (N-methyl/N-ethyl adjacent to an activating group) is 1. The maximum atomic E-state index is 13.3. The minimum Gasteiger partial charge on any atom is -0.504 e. The van der Waals surface area contributed by atoms with Crippen molar-refractivity contribution < 1.29 is 19.7 Å². The molecule has 2 fully saturated rings. The number of carbonyl (C=O) groups is 1. The van der Waals surface area contributed by atoms with Gasteiger partial charge in [-0.2, -0.15) is 0 Å². The predicted octanol–water partition coefficient (Wildman–Crippen LogP) is 3.93. The third-order valence-corrected chi connectivity index (χ3v) is 9.25. The van der Waals surface area contributed by atoms with Gasteiger partial charge in [0.05, 0.1) is 17.1 Å². The molecule has 1 spiro atoms. The van der Waals surface area contributed by atoms with Crippen LogP contribution in [0.25, 0.3) is 6.08 Å². The Balaban J connectivity index is 1.38. The summed E-state index contributed by atoms with van der Waals surface area (Å²) in [6.07, 6.45) is 7.34. The molecule has 0 aromatic heterocycles. The van der Waals surface area contributed by atoms with Crippen molar-refractivity contribution in [1.29, 1.82) is 0 Å². The Kier molecular flexibility index (Phi) is 5.48. The molecular formula is C29H31ClN2O4. The minimum absolute atomic E-state index is 0.0666. The van der Waals surface area contributed by atoms with Crippen LogP contribution in [-0.2, 0) is 16.6 Å². The van der Waals surface area contributed by atoms with Gasteiger partial charge in [-0.05, 0) is 67.6 Å². The number of halogens is 1. The Morgan fingerprint density at radius 3 is 2.94 bits per heavy atom. The van der Waals surface area contributed by atoms with E-state index in [9.17, 15) is 15.0 Å². The van der Waals surface area contributed by atoms with Gasteiger partial charge < -0.3 is 19.8 Å². The summed E-state index contributed by atoms with van der Waals surface area (Å²) in [6, 6.07) is 10.7. The molecule has 2 aromatic rings. The number of hydrogen-bond acceptors (Lipinski definition) is 5. The summed E-state index contributed by atoms with van der Waals surface area (Å²) >= 11 is 6.09. The van der Waals surface area contributed by atoms with E-state index in [1.54, 1.807) is 36.2 Å². The Bertz CT molecular complexity index is 1280. The zero-order chi connectivity index (χ0) is 25.2. The lowest BCUT2D eigenvalue weighted by atomic mass is 9.48. The number of piperidine rings is 1. The Morgan fingerprint density at radius 1 is 1.33 bits per heavy atom. The van der Waals surface area contributed by atoms with E-state index in [-0.39, 0.29) is 23.7 Å². The maximum absolute atomic E-state index is 13.3. The first-order valence-electron chi connectivity index (χ1n) is 12.6. The van der Waals surface area contributed by atoms with E-state index in [1.807, 2.05) is 30.3 Å². The van der Waals surface area contributed by atoms with Crippen LogP contribution in [0.3, 0.4) is 0 Å². The molecule has 2 aromatic carbocycles. The molecule has 1 amide bonds. The highest BCUT2D eigenvalue weighted by Crippen LogP contribution is 2.65. The zero-order valence-corrected chi connectivity index (χ0v) is 21.1. The molecule has 7 heteroatoms. The minimum atomic E-state index is -1.01. The average molecular weight is 507 g/mol. The molecule has 2 heterocycles. The van der Waals surface area contributed by atoms with Gasteiger partial charge in [-0.3, -0.25) is 9.69 Å². The first kappa shape index (κ1) is 23.6. The summed E-state index contributed by atoms with van der Waals surface area (Å²) in [6.45, 7) is 5.44. The van der Waals surface area contributed by atoms with Gasteiger partial charge in [-0.25, -0.2) is 0 Å². The topological polar surface area (TPSA) is 73.2 Å². The number of amides is 1. The number of carbonyl (C=O) groups excluding carboxylic acids is 1. The molecule has 5 atom stereocenters. The number of likely N-dealkylation sites (tertiary alicyclic amines) is 1. The van der Waals surface area contributed by atoms with Crippen LogP contribution in [-0.4, -0.2) is 69.8 Å². The molecule has 36 heavy (non-hydrogen) atoms. The second kappa shape index (κ2) is 8.37. The van der Waals surface area contributed by atoms with Gasteiger partial charge >= 0.3 is 0 Å². The second-order valence-electron chi connectivity index (χ2n) is 10.6. The van der Waals surface area contributed by atoms with E-state index in [1.165, 1.54) is 0 Å². The maximum Gasteiger partial charge on any atom is 0.246 e. The normalized spacial score (nSPS) is 32.1. The number of aromatic hydroxyl groups is 1. The highest BCUT2D eigenvalue weighted by Gasteiger charge is 2.73. The first-order valence-corrected chi connectivity index (χ1v) is 13.0. The summed E-state index contributed by atoms with van der Waals surface area (Å²) in [4.78, 5) is 17.4. The van der Waals surface area contributed by atoms with Crippen LogP contribution in [0.15, 0.2) is 55.1 Å². The Labute approximate surface area is 216 Å². The quantitative estimate of drug-likeness (QED) is 0.475. The van der Waals surface area contributed by atoms with E-state index in [0.717, 1.165) is 23.2 Å². The van der Waals surface area contributed by atoms with Gasteiger partial charge in [0, 0.05) is 36.3 Å². The SMILES string of the molecule is C=CCN1CC[C@]23c4c5ccc(O)c4O[C@H]2[C@H](N(C)C(=O)C=Cc2cccc(Cl)c2)CC[C@@]3(O)[C@H]1C5. The predicted molar refractivity (Wildman–Crippen MR) is 139 cm³/mol. The highest BCUT2D eigenvalue weighted by molar-refractivity contribution is 6.30. The van der Waals surface area contributed by atoms with Gasteiger partial charge in [0.25, 0.3) is 0 Å². The fraction of sp³-hybridized carbons (Fsp3) is 0.414. The number of ether oxygens (including phenoxy) is 1. The molecule has 2 bridgehead atoms. The number of benzene rings is 2. The first-order chi connectivity index (χ1) is 17.3. The van der Waals surface area contributed by atoms with Crippen LogP contribution >= 0.6 is 11.6 Å². The van der Waals surface area contributed by atoms with E-state index in [4.69, 9.17) is 16.3 Å². The highest BCUT2D eigenvalue weighted by atomic mass is 35.5. The summed E-state index contributed by atoms with van der Waals surface area (Å²) in [5, 5.41) is 23.8. The van der Waals surface area contributed by atoms with Crippen LogP contribution in [0.2, 0.25) is 5.02 Å². The summed E-state index contributed by atoms with van der Waals surface area (Å²) in [5.41, 5.74) is 1.23. The average Bonchev–Trinajstić information content (AvgIpc) is 3.21. The standard InChI is InChI=1S/C29H31ClN2O4/c1-3-14-32-15-13-28-25-19-8-9-22(33)26(25)36-27(28)21(11-12-29(28,35)23(32)17-19)31(2)24(34)10-7-18-5-4-6-20(30)16-18/h3-10,16,21,23,27,33,35H,1,11-15,17H2,2H3/t21-,23-,27+,28+,29-/m1/s1. The lowest BCUT2D eigenvalue weighted by Crippen LogP contribution is -2.78. The second-order valence-corrected chi connectivity index (χ2v) is 11.0. The number of phenolic OH excluding ortho intramolecular Hbond substituents is 1. The van der Waals surface area contributed by atoms with Gasteiger partial charge in [0.2, 0.25) is 5.91 Å². The van der Waals surface area contributed by atoms with Crippen molar-refractivity contribution >= 4 is 23.6 Å². The van der Waals surface area contributed by atoms with Crippen molar-refractivity contribution in [3.8, 4) is 11.5 Å². The van der Waals surface area contributed by atoms with Crippen LogP contribution in [0, 0.1) is 0 Å². The van der Waals surface area contributed by atoms with Crippen molar-refractivity contribution in [2.24, 2.45) is 0 Å². The summed E-state index contributed by atoms with van der Waals surface area (Å²) in [5.74, 6) is 0.441. The lowest BCUT2D eigenvalue weighted by Gasteiger charge is -2.64. The van der Waals surface area contributed by atoms with Crippen molar-refractivity contribution in [3.63, 3.8) is 0 Å². The molecule has 2 aliphatic heterocycles. The van der Waals surface area contributed by atoms with Crippen LogP contribution in [0.1, 0.15) is 36.0 Å². The molecule has 0 radical (unpaired) electrons. The van der Waals surface area contributed by atoms with Crippen molar-refractivity contribution in [2.45, 2.75) is 54.9 Å². The number of phenols is 1. The largest absolute Gasteiger partial charge is 0.504 e.